The maximum atomic E-state index is 13.3. The van der Waals surface area contributed by atoms with Crippen LogP contribution in [0.25, 0.3) is 10.9 Å². The van der Waals surface area contributed by atoms with E-state index in [9.17, 15) is 4.39 Å². The predicted octanol–water partition coefficient (Wildman–Crippen LogP) is 4.46. The Morgan fingerprint density at radius 2 is 2.00 bits per heavy atom. The standard InChI is InChI=1S/C13H13ClFN/c1-7(2)13-8(3)6-16-12-5-11(15)10(14)4-9(12)13/h4-7H,1-3H3. The van der Waals surface area contributed by atoms with Gasteiger partial charge < -0.3 is 0 Å². The third kappa shape index (κ3) is 1.78. The van der Waals surface area contributed by atoms with Gasteiger partial charge in [-0.15, -0.1) is 0 Å². The molecule has 16 heavy (non-hydrogen) atoms. The normalized spacial score (nSPS) is 11.4. The van der Waals surface area contributed by atoms with Crippen molar-refractivity contribution in [3.63, 3.8) is 0 Å². The van der Waals surface area contributed by atoms with Crippen molar-refractivity contribution < 1.29 is 4.39 Å². The van der Waals surface area contributed by atoms with Crippen molar-refractivity contribution in [2.75, 3.05) is 0 Å². The van der Waals surface area contributed by atoms with Crippen molar-refractivity contribution in [3.05, 3.63) is 40.3 Å². The van der Waals surface area contributed by atoms with E-state index in [1.54, 1.807) is 12.3 Å². The van der Waals surface area contributed by atoms with E-state index in [1.807, 2.05) is 6.92 Å². The smallest absolute Gasteiger partial charge is 0.143 e. The van der Waals surface area contributed by atoms with Crippen LogP contribution in [0.5, 0.6) is 0 Å². The first kappa shape index (κ1) is 11.3. The van der Waals surface area contributed by atoms with Gasteiger partial charge >= 0.3 is 0 Å². The lowest BCUT2D eigenvalue weighted by molar-refractivity contribution is 0.629. The summed E-state index contributed by atoms with van der Waals surface area (Å²) in [5.41, 5.74) is 2.97. The van der Waals surface area contributed by atoms with E-state index in [1.165, 1.54) is 11.6 Å². The molecule has 0 amide bonds. The molecule has 1 nitrogen and oxygen atoms in total. The zero-order valence-corrected chi connectivity index (χ0v) is 10.3. The Balaban J connectivity index is 2.86. The molecule has 0 atom stereocenters. The third-order valence-electron chi connectivity index (χ3n) is 2.73. The summed E-state index contributed by atoms with van der Waals surface area (Å²) >= 11 is 5.81. The van der Waals surface area contributed by atoms with Crippen LogP contribution in [-0.2, 0) is 0 Å². The molecule has 3 heteroatoms. The van der Waals surface area contributed by atoms with Gasteiger partial charge in [-0.2, -0.15) is 0 Å². The predicted molar refractivity (Wildman–Crippen MR) is 65.5 cm³/mol. The summed E-state index contributed by atoms with van der Waals surface area (Å²) in [6.07, 6.45) is 1.78. The van der Waals surface area contributed by atoms with Crippen molar-refractivity contribution in [1.82, 2.24) is 4.98 Å². The van der Waals surface area contributed by atoms with Crippen LogP contribution in [0.2, 0.25) is 5.02 Å². The molecule has 0 saturated carbocycles. The van der Waals surface area contributed by atoms with E-state index in [0.29, 0.717) is 11.4 Å². The molecule has 0 aliphatic heterocycles. The number of fused-ring (bicyclic) bond motifs is 1. The minimum absolute atomic E-state index is 0.154. The van der Waals surface area contributed by atoms with Crippen molar-refractivity contribution >= 4 is 22.5 Å². The molecule has 0 spiro atoms. The van der Waals surface area contributed by atoms with Gasteiger partial charge in [0.15, 0.2) is 0 Å². The Morgan fingerprint density at radius 1 is 1.31 bits per heavy atom. The van der Waals surface area contributed by atoms with Crippen molar-refractivity contribution in [1.29, 1.82) is 0 Å². The largest absolute Gasteiger partial charge is 0.256 e. The molecule has 0 bridgehead atoms. The summed E-state index contributed by atoms with van der Waals surface area (Å²) < 4.78 is 13.3. The second kappa shape index (κ2) is 4.02. The quantitative estimate of drug-likeness (QED) is 0.714. The highest BCUT2D eigenvalue weighted by Gasteiger charge is 2.12. The van der Waals surface area contributed by atoms with Gasteiger partial charge in [-0.25, -0.2) is 4.39 Å². The fraction of sp³-hybridized carbons (Fsp3) is 0.308. The van der Waals surface area contributed by atoms with Crippen LogP contribution in [0.15, 0.2) is 18.3 Å². The van der Waals surface area contributed by atoms with Gasteiger partial charge in [0.05, 0.1) is 10.5 Å². The molecule has 2 aromatic rings. The number of hydrogen-bond donors (Lipinski definition) is 0. The van der Waals surface area contributed by atoms with E-state index >= 15 is 0 Å². The van der Waals surface area contributed by atoms with Gasteiger partial charge in [0, 0.05) is 17.6 Å². The van der Waals surface area contributed by atoms with Crippen LogP contribution in [0.4, 0.5) is 4.39 Å². The zero-order valence-electron chi connectivity index (χ0n) is 9.51. The van der Waals surface area contributed by atoms with Gasteiger partial charge in [0.1, 0.15) is 5.82 Å². The summed E-state index contributed by atoms with van der Waals surface area (Å²) in [5, 5.41) is 1.10. The summed E-state index contributed by atoms with van der Waals surface area (Å²) in [4.78, 5) is 4.23. The average Bonchev–Trinajstić information content (AvgIpc) is 2.20. The van der Waals surface area contributed by atoms with E-state index < -0.39 is 5.82 Å². The van der Waals surface area contributed by atoms with Crippen LogP contribution < -0.4 is 0 Å². The molecule has 0 aliphatic rings. The molecule has 1 aromatic carbocycles. The average molecular weight is 238 g/mol. The van der Waals surface area contributed by atoms with Gasteiger partial charge in [-0.05, 0) is 30.0 Å². The van der Waals surface area contributed by atoms with Gasteiger partial charge in [-0.1, -0.05) is 25.4 Å². The first-order valence-electron chi connectivity index (χ1n) is 5.25. The van der Waals surface area contributed by atoms with Crippen LogP contribution in [0.1, 0.15) is 30.9 Å². The second-order valence-corrected chi connectivity index (χ2v) is 4.70. The number of pyridine rings is 1. The Hall–Kier alpha value is -1.15. The molecule has 0 saturated heterocycles. The van der Waals surface area contributed by atoms with Crippen LogP contribution in [0.3, 0.4) is 0 Å². The number of nitrogens with zero attached hydrogens (tertiary/aromatic N) is 1. The molecule has 0 fully saturated rings. The number of halogens is 2. The Labute approximate surface area is 99.3 Å². The number of rotatable bonds is 1. The topological polar surface area (TPSA) is 12.9 Å². The minimum Gasteiger partial charge on any atom is -0.256 e. The first-order valence-corrected chi connectivity index (χ1v) is 5.62. The first-order chi connectivity index (χ1) is 7.50. The molecule has 2 rings (SSSR count). The van der Waals surface area contributed by atoms with Crippen molar-refractivity contribution in [3.8, 4) is 0 Å². The van der Waals surface area contributed by atoms with Crippen LogP contribution in [0, 0.1) is 12.7 Å². The highest BCUT2D eigenvalue weighted by Crippen LogP contribution is 2.30. The molecule has 0 unspecified atom stereocenters. The lowest BCUT2D eigenvalue weighted by atomic mass is 9.95. The Morgan fingerprint density at radius 3 is 2.62 bits per heavy atom. The maximum absolute atomic E-state index is 13.3. The highest BCUT2D eigenvalue weighted by molar-refractivity contribution is 6.31. The van der Waals surface area contributed by atoms with Crippen LogP contribution in [-0.4, -0.2) is 4.98 Å². The van der Waals surface area contributed by atoms with Crippen LogP contribution >= 0.6 is 11.6 Å². The maximum Gasteiger partial charge on any atom is 0.143 e. The summed E-state index contributed by atoms with van der Waals surface area (Å²) in [5.74, 6) is -0.0488. The fourth-order valence-electron chi connectivity index (χ4n) is 2.07. The number of benzene rings is 1. The lowest BCUT2D eigenvalue weighted by Crippen LogP contribution is -1.96. The molecular formula is C13H13ClFN. The summed E-state index contributed by atoms with van der Waals surface area (Å²) in [6.45, 7) is 6.23. The zero-order chi connectivity index (χ0) is 11.9. The molecule has 1 heterocycles. The van der Waals surface area contributed by atoms with E-state index in [-0.39, 0.29) is 5.02 Å². The second-order valence-electron chi connectivity index (χ2n) is 4.29. The molecule has 1 aromatic heterocycles. The monoisotopic (exact) mass is 237 g/mol. The molecule has 0 radical (unpaired) electrons. The number of aryl methyl sites for hydroxylation is 1. The SMILES string of the molecule is Cc1cnc2cc(F)c(Cl)cc2c1C(C)C. The highest BCUT2D eigenvalue weighted by atomic mass is 35.5. The Bertz CT molecular complexity index is 549. The molecule has 84 valence electrons. The summed E-state index contributed by atoms with van der Waals surface area (Å²) in [7, 11) is 0. The van der Waals surface area contributed by atoms with Gasteiger partial charge in [-0.3, -0.25) is 4.98 Å². The number of aromatic nitrogens is 1. The molecule has 0 N–H and O–H groups in total. The molecule has 0 aliphatic carbocycles. The third-order valence-corrected chi connectivity index (χ3v) is 3.02. The van der Waals surface area contributed by atoms with E-state index in [2.05, 4.69) is 18.8 Å². The minimum atomic E-state index is -0.416. The molecular weight excluding hydrogens is 225 g/mol. The van der Waals surface area contributed by atoms with Crippen molar-refractivity contribution in [2.24, 2.45) is 0 Å². The van der Waals surface area contributed by atoms with E-state index in [4.69, 9.17) is 11.6 Å². The summed E-state index contributed by atoms with van der Waals surface area (Å²) in [6, 6.07) is 3.06. The number of hydrogen-bond acceptors (Lipinski definition) is 1. The lowest BCUT2D eigenvalue weighted by Gasteiger charge is -2.13. The Kier molecular flexibility index (Phi) is 2.85. The van der Waals surface area contributed by atoms with Gasteiger partial charge in [0.2, 0.25) is 0 Å². The van der Waals surface area contributed by atoms with Crippen molar-refractivity contribution in [2.45, 2.75) is 26.7 Å². The fourth-order valence-corrected chi connectivity index (χ4v) is 2.24. The van der Waals surface area contributed by atoms with Gasteiger partial charge in [0.25, 0.3) is 0 Å². The van der Waals surface area contributed by atoms with E-state index in [0.717, 1.165) is 10.9 Å².